The maximum absolute atomic E-state index is 11.7. The SMILES string of the molecule is C#Cc1cc(Br)cc2c1NC(=O)CNC2=O. The number of fused-ring (bicyclic) bond motifs is 1. The summed E-state index contributed by atoms with van der Waals surface area (Å²) in [6.45, 7) is -0.0465. The van der Waals surface area contributed by atoms with E-state index in [4.69, 9.17) is 6.42 Å². The Morgan fingerprint density at radius 2 is 2.12 bits per heavy atom. The zero-order chi connectivity index (χ0) is 11.7. The Balaban J connectivity index is 2.68. The van der Waals surface area contributed by atoms with Crippen LogP contribution < -0.4 is 10.6 Å². The molecule has 80 valence electrons. The van der Waals surface area contributed by atoms with Gasteiger partial charge in [0.05, 0.1) is 17.8 Å². The van der Waals surface area contributed by atoms with Gasteiger partial charge in [0.15, 0.2) is 0 Å². The molecule has 0 bridgehead atoms. The van der Waals surface area contributed by atoms with Crippen molar-refractivity contribution in [2.24, 2.45) is 0 Å². The van der Waals surface area contributed by atoms with Gasteiger partial charge in [0.1, 0.15) is 0 Å². The molecule has 4 nitrogen and oxygen atoms in total. The molecule has 1 aromatic carbocycles. The van der Waals surface area contributed by atoms with Gasteiger partial charge < -0.3 is 10.6 Å². The molecular weight excluding hydrogens is 272 g/mol. The zero-order valence-corrected chi connectivity index (χ0v) is 9.72. The number of amides is 2. The number of hydrogen-bond acceptors (Lipinski definition) is 2. The van der Waals surface area contributed by atoms with Crippen molar-refractivity contribution in [2.45, 2.75) is 0 Å². The van der Waals surface area contributed by atoms with Crippen molar-refractivity contribution < 1.29 is 9.59 Å². The van der Waals surface area contributed by atoms with Crippen LogP contribution in [0.3, 0.4) is 0 Å². The summed E-state index contributed by atoms with van der Waals surface area (Å²) in [5.74, 6) is 1.84. The monoisotopic (exact) mass is 278 g/mol. The summed E-state index contributed by atoms with van der Waals surface area (Å²) < 4.78 is 0.700. The molecule has 0 saturated carbocycles. The summed E-state index contributed by atoms with van der Waals surface area (Å²) >= 11 is 3.26. The average molecular weight is 279 g/mol. The number of rotatable bonds is 0. The van der Waals surface area contributed by atoms with Crippen molar-refractivity contribution >= 4 is 33.4 Å². The van der Waals surface area contributed by atoms with Gasteiger partial charge in [-0.3, -0.25) is 9.59 Å². The highest BCUT2D eigenvalue weighted by Crippen LogP contribution is 2.26. The Hall–Kier alpha value is -1.80. The summed E-state index contributed by atoms with van der Waals surface area (Å²) in [4.78, 5) is 23.0. The van der Waals surface area contributed by atoms with E-state index in [9.17, 15) is 9.59 Å². The minimum Gasteiger partial charge on any atom is -0.343 e. The molecule has 1 aliphatic heterocycles. The van der Waals surface area contributed by atoms with E-state index in [1.807, 2.05) is 0 Å². The molecule has 0 saturated heterocycles. The molecule has 1 aliphatic rings. The Morgan fingerprint density at radius 1 is 1.38 bits per heavy atom. The van der Waals surface area contributed by atoms with Gasteiger partial charge in [0, 0.05) is 10.0 Å². The lowest BCUT2D eigenvalue weighted by atomic mass is 10.1. The molecule has 5 heteroatoms. The lowest BCUT2D eigenvalue weighted by Crippen LogP contribution is -2.28. The largest absolute Gasteiger partial charge is 0.343 e. The number of carbonyl (C=O) groups is 2. The second-order valence-corrected chi connectivity index (χ2v) is 4.17. The molecule has 0 aromatic heterocycles. The molecule has 0 unspecified atom stereocenters. The van der Waals surface area contributed by atoms with Gasteiger partial charge in [-0.25, -0.2) is 0 Å². The Labute approximate surface area is 101 Å². The molecule has 0 aliphatic carbocycles. The summed E-state index contributed by atoms with van der Waals surface area (Å²) in [7, 11) is 0. The first-order valence-corrected chi connectivity index (χ1v) is 5.29. The highest BCUT2D eigenvalue weighted by atomic mass is 79.9. The van der Waals surface area contributed by atoms with Gasteiger partial charge >= 0.3 is 0 Å². The average Bonchev–Trinajstić information content (AvgIpc) is 2.39. The van der Waals surface area contributed by atoms with Crippen molar-refractivity contribution in [3.05, 3.63) is 27.7 Å². The van der Waals surface area contributed by atoms with Gasteiger partial charge in [-0.1, -0.05) is 21.9 Å². The van der Waals surface area contributed by atoms with Gasteiger partial charge in [-0.15, -0.1) is 6.42 Å². The number of carbonyl (C=O) groups excluding carboxylic acids is 2. The smallest absolute Gasteiger partial charge is 0.253 e. The second kappa shape index (κ2) is 3.99. The van der Waals surface area contributed by atoms with Gasteiger partial charge in [-0.2, -0.15) is 0 Å². The Morgan fingerprint density at radius 3 is 2.81 bits per heavy atom. The van der Waals surface area contributed by atoms with E-state index < -0.39 is 0 Å². The van der Waals surface area contributed by atoms with Gasteiger partial charge in [0.2, 0.25) is 5.91 Å². The van der Waals surface area contributed by atoms with Crippen molar-refractivity contribution in [2.75, 3.05) is 11.9 Å². The third-order valence-electron chi connectivity index (χ3n) is 2.18. The van der Waals surface area contributed by atoms with Crippen molar-refractivity contribution in [1.82, 2.24) is 5.32 Å². The maximum atomic E-state index is 11.7. The van der Waals surface area contributed by atoms with Crippen LogP contribution in [0.5, 0.6) is 0 Å². The molecule has 2 rings (SSSR count). The van der Waals surface area contributed by atoms with Crippen molar-refractivity contribution in [3.63, 3.8) is 0 Å². The molecule has 2 N–H and O–H groups in total. The summed E-state index contributed by atoms with van der Waals surface area (Å²) in [5.41, 5.74) is 1.24. The van der Waals surface area contributed by atoms with Crippen LogP contribution in [0.15, 0.2) is 16.6 Å². The molecule has 0 fully saturated rings. The Kier molecular flexibility index (Phi) is 2.67. The van der Waals surface area contributed by atoms with E-state index in [1.165, 1.54) is 0 Å². The molecular formula is C11H7BrN2O2. The van der Waals surface area contributed by atoms with Crippen LogP contribution in [0.1, 0.15) is 15.9 Å². The summed E-state index contributed by atoms with van der Waals surface area (Å²) in [6, 6.07) is 3.30. The molecule has 0 atom stereocenters. The number of benzene rings is 1. The zero-order valence-electron chi connectivity index (χ0n) is 8.13. The number of halogens is 1. The van der Waals surface area contributed by atoms with E-state index in [1.54, 1.807) is 12.1 Å². The first-order valence-electron chi connectivity index (χ1n) is 4.50. The van der Waals surface area contributed by atoms with E-state index in [-0.39, 0.29) is 18.4 Å². The van der Waals surface area contributed by atoms with E-state index in [0.29, 0.717) is 21.3 Å². The quantitative estimate of drug-likeness (QED) is 0.699. The predicted octanol–water partition coefficient (Wildman–Crippen LogP) is 1.11. The number of hydrogen-bond donors (Lipinski definition) is 2. The van der Waals surface area contributed by atoms with Gasteiger partial charge in [-0.05, 0) is 12.1 Å². The van der Waals surface area contributed by atoms with Gasteiger partial charge in [0.25, 0.3) is 5.91 Å². The van der Waals surface area contributed by atoms with Crippen LogP contribution in [-0.4, -0.2) is 18.4 Å². The normalized spacial score (nSPS) is 14.2. The van der Waals surface area contributed by atoms with E-state index >= 15 is 0 Å². The first-order chi connectivity index (χ1) is 7.61. The van der Waals surface area contributed by atoms with Crippen LogP contribution in [-0.2, 0) is 4.79 Å². The minimum atomic E-state index is -0.314. The molecule has 0 radical (unpaired) electrons. The van der Waals surface area contributed by atoms with Crippen molar-refractivity contribution in [1.29, 1.82) is 0 Å². The van der Waals surface area contributed by atoms with Crippen LogP contribution in [0.25, 0.3) is 0 Å². The van der Waals surface area contributed by atoms with Crippen LogP contribution in [0.2, 0.25) is 0 Å². The standard InChI is InChI=1S/C11H7BrN2O2/c1-2-6-3-7(12)4-8-10(6)14-9(15)5-13-11(8)16/h1,3-4H,5H2,(H,13,16)(H,14,15). The lowest BCUT2D eigenvalue weighted by molar-refractivity contribution is -0.115. The fraction of sp³-hybridized carbons (Fsp3) is 0.0909. The Bertz CT molecular complexity index is 532. The third-order valence-corrected chi connectivity index (χ3v) is 2.64. The maximum Gasteiger partial charge on any atom is 0.253 e. The summed E-state index contributed by atoms with van der Waals surface area (Å²) in [6.07, 6.45) is 5.33. The first kappa shape index (κ1) is 10.7. The summed E-state index contributed by atoms with van der Waals surface area (Å²) in [5, 5.41) is 5.10. The number of terminal acetylenes is 1. The van der Waals surface area contributed by atoms with E-state index in [0.717, 1.165) is 0 Å². The fourth-order valence-corrected chi connectivity index (χ4v) is 1.93. The third kappa shape index (κ3) is 1.79. The van der Waals surface area contributed by atoms with Crippen LogP contribution in [0.4, 0.5) is 5.69 Å². The molecule has 1 heterocycles. The fourth-order valence-electron chi connectivity index (χ4n) is 1.47. The van der Waals surface area contributed by atoms with Crippen LogP contribution in [0, 0.1) is 12.3 Å². The number of nitrogens with one attached hydrogen (secondary N) is 2. The molecule has 1 aromatic rings. The minimum absolute atomic E-state index is 0.0465. The predicted molar refractivity (Wildman–Crippen MR) is 63.0 cm³/mol. The molecule has 0 spiro atoms. The topological polar surface area (TPSA) is 58.2 Å². The lowest BCUT2D eigenvalue weighted by Gasteiger charge is -2.08. The van der Waals surface area contributed by atoms with Crippen LogP contribution >= 0.6 is 15.9 Å². The highest BCUT2D eigenvalue weighted by molar-refractivity contribution is 9.10. The van der Waals surface area contributed by atoms with Crippen molar-refractivity contribution in [3.8, 4) is 12.3 Å². The molecule has 2 amide bonds. The highest BCUT2D eigenvalue weighted by Gasteiger charge is 2.21. The second-order valence-electron chi connectivity index (χ2n) is 3.25. The van der Waals surface area contributed by atoms with E-state index in [2.05, 4.69) is 32.5 Å². The molecule has 16 heavy (non-hydrogen) atoms. The number of anilines is 1.